The predicted octanol–water partition coefficient (Wildman–Crippen LogP) is 1.58. The van der Waals surface area contributed by atoms with E-state index in [0.29, 0.717) is 0 Å². The van der Waals surface area contributed by atoms with E-state index in [0.717, 1.165) is 6.61 Å². The largest absolute Gasteiger partial charge is 0.376 e. The zero-order chi connectivity index (χ0) is 5.33. The second kappa shape index (κ2) is 1.48. The number of rotatable bonds is 0. The van der Waals surface area contributed by atoms with Gasteiger partial charge in [0.2, 0.25) is 0 Å². The average molecular weight is 100 g/mol. The zero-order valence-electron chi connectivity index (χ0n) is 5.03. The van der Waals surface area contributed by atoms with Crippen molar-refractivity contribution in [1.29, 1.82) is 0 Å². The third-order valence-electron chi connectivity index (χ3n) is 1.42. The van der Waals surface area contributed by atoms with Crippen molar-refractivity contribution in [2.24, 2.45) is 0 Å². The van der Waals surface area contributed by atoms with E-state index < -0.39 is 0 Å². The van der Waals surface area contributed by atoms with Crippen molar-refractivity contribution >= 4 is 0 Å². The highest BCUT2D eigenvalue weighted by molar-refractivity contribution is 4.72. The summed E-state index contributed by atoms with van der Waals surface area (Å²) in [6.07, 6.45) is 2.47. The van der Waals surface area contributed by atoms with E-state index in [2.05, 4.69) is 13.8 Å². The molecule has 0 aromatic rings. The molecule has 1 rings (SSSR count). The molecule has 1 aliphatic rings. The van der Waals surface area contributed by atoms with Crippen LogP contribution >= 0.6 is 0 Å². The zero-order valence-corrected chi connectivity index (χ0v) is 5.03. The van der Waals surface area contributed by atoms with Crippen LogP contribution in [0.2, 0.25) is 0 Å². The van der Waals surface area contributed by atoms with Crippen molar-refractivity contribution in [3.8, 4) is 0 Å². The predicted molar refractivity (Wildman–Crippen MR) is 29.3 cm³/mol. The Morgan fingerprint density at radius 1 is 1.43 bits per heavy atom. The van der Waals surface area contributed by atoms with Crippen molar-refractivity contribution in [3.05, 3.63) is 0 Å². The molecule has 0 atom stereocenters. The van der Waals surface area contributed by atoms with E-state index in [1.54, 1.807) is 0 Å². The highest BCUT2D eigenvalue weighted by Crippen LogP contribution is 2.22. The summed E-state index contributed by atoms with van der Waals surface area (Å²) in [7, 11) is 0. The SMILES string of the molecule is CC1(C)CCCO1. The van der Waals surface area contributed by atoms with Gasteiger partial charge >= 0.3 is 0 Å². The number of hydrogen-bond acceptors (Lipinski definition) is 1. The van der Waals surface area contributed by atoms with Crippen LogP contribution in [0.1, 0.15) is 26.7 Å². The van der Waals surface area contributed by atoms with Gasteiger partial charge in [-0.1, -0.05) is 0 Å². The van der Waals surface area contributed by atoms with Gasteiger partial charge in [0.15, 0.2) is 0 Å². The van der Waals surface area contributed by atoms with Gasteiger partial charge in [0.25, 0.3) is 0 Å². The normalized spacial score (nSPS) is 28.3. The second-order valence-corrected chi connectivity index (χ2v) is 2.71. The van der Waals surface area contributed by atoms with Crippen LogP contribution in [0.25, 0.3) is 0 Å². The summed E-state index contributed by atoms with van der Waals surface area (Å²) in [4.78, 5) is 0. The minimum atomic E-state index is 0.194. The van der Waals surface area contributed by atoms with Crippen LogP contribution in [0, 0.1) is 0 Å². The lowest BCUT2D eigenvalue weighted by atomic mass is 10.1. The molecule has 0 aromatic heterocycles. The quantitative estimate of drug-likeness (QED) is 0.449. The van der Waals surface area contributed by atoms with E-state index in [1.807, 2.05) is 0 Å². The van der Waals surface area contributed by atoms with E-state index in [1.165, 1.54) is 12.8 Å². The molecule has 0 N–H and O–H groups in total. The number of hydrogen-bond donors (Lipinski definition) is 0. The van der Waals surface area contributed by atoms with Crippen molar-refractivity contribution in [2.75, 3.05) is 6.61 Å². The molecule has 0 radical (unpaired) electrons. The van der Waals surface area contributed by atoms with Gasteiger partial charge in [0.1, 0.15) is 0 Å². The van der Waals surface area contributed by atoms with Crippen molar-refractivity contribution in [2.45, 2.75) is 32.3 Å². The van der Waals surface area contributed by atoms with Crippen LogP contribution in [0.3, 0.4) is 0 Å². The number of ether oxygens (including phenoxy) is 1. The Balaban J connectivity index is 2.40. The molecular formula is C6H12O. The molecule has 0 bridgehead atoms. The smallest absolute Gasteiger partial charge is 0.0627 e. The molecular weight excluding hydrogens is 88.1 g/mol. The van der Waals surface area contributed by atoms with Gasteiger partial charge in [-0.2, -0.15) is 0 Å². The molecule has 0 amide bonds. The van der Waals surface area contributed by atoms with Crippen molar-refractivity contribution in [1.82, 2.24) is 0 Å². The maximum atomic E-state index is 5.34. The Bertz CT molecular complexity index is 58.6. The highest BCUT2D eigenvalue weighted by atomic mass is 16.5. The van der Waals surface area contributed by atoms with Crippen LogP contribution in [0.5, 0.6) is 0 Å². The first-order valence-electron chi connectivity index (χ1n) is 2.85. The van der Waals surface area contributed by atoms with Crippen LogP contribution in [-0.4, -0.2) is 12.2 Å². The summed E-state index contributed by atoms with van der Waals surface area (Å²) < 4.78 is 5.34. The minimum absolute atomic E-state index is 0.194. The van der Waals surface area contributed by atoms with E-state index in [9.17, 15) is 0 Å². The lowest BCUT2D eigenvalue weighted by Crippen LogP contribution is -2.15. The summed E-state index contributed by atoms with van der Waals surface area (Å²) in [5.74, 6) is 0. The maximum Gasteiger partial charge on any atom is 0.0627 e. The fourth-order valence-electron chi connectivity index (χ4n) is 0.919. The first kappa shape index (κ1) is 5.10. The summed E-state index contributed by atoms with van der Waals surface area (Å²) in [5.41, 5.74) is 0.194. The molecule has 0 saturated carbocycles. The molecule has 0 unspecified atom stereocenters. The van der Waals surface area contributed by atoms with Crippen LogP contribution in [0.15, 0.2) is 0 Å². The molecule has 1 fully saturated rings. The van der Waals surface area contributed by atoms with Gasteiger partial charge in [-0.25, -0.2) is 0 Å². The third-order valence-corrected chi connectivity index (χ3v) is 1.42. The maximum absolute atomic E-state index is 5.34. The molecule has 1 aliphatic heterocycles. The molecule has 42 valence electrons. The second-order valence-electron chi connectivity index (χ2n) is 2.71. The summed E-state index contributed by atoms with van der Waals surface area (Å²) >= 11 is 0. The topological polar surface area (TPSA) is 9.23 Å². The third kappa shape index (κ3) is 1.16. The Morgan fingerprint density at radius 3 is 2.29 bits per heavy atom. The van der Waals surface area contributed by atoms with Gasteiger partial charge < -0.3 is 4.74 Å². The standard InChI is InChI=1S/C6H12O/c1-6(2)4-3-5-7-6/h3-5H2,1-2H3. The van der Waals surface area contributed by atoms with Crippen LogP contribution < -0.4 is 0 Å². The Kier molecular flexibility index (Phi) is 1.08. The molecule has 1 saturated heterocycles. The molecule has 0 spiro atoms. The van der Waals surface area contributed by atoms with Crippen molar-refractivity contribution in [3.63, 3.8) is 0 Å². The lowest BCUT2D eigenvalue weighted by molar-refractivity contribution is 0.0367. The molecule has 0 aliphatic carbocycles. The molecule has 7 heavy (non-hydrogen) atoms. The van der Waals surface area contributed by atoms with E-state index in [-0.39, 0.29) is 5.60 Å². The molecule has 1 nitrogen and oxygen atoms in total. The summed E-state index contributed by atoms with van der Waals surface area (Å²) in [6.45, 7) is 5.24. The molecule has 1 heteroatoms. The van der Waals surface area contributed by atoms with E-state index >= 15 is 0 Å². The lowest BCUT2D eigenvalue weighted by Gasteiger charge is -2.14. The Hall–Kier alpha value is -0.0400. The Morgan fingerprint density at radius 2 is 2.14 bits per heavy atom. The highest BCUT2D eigenvalue weighted by Gasteiger charge is 2.22. The van der Waals surface area contributed by atoms with Crippen molar-refractivity contribution < 1.29 is 4.74 Å². The van der Waals surface area contributed by atoms with Gasteiger partial charge in [0, 0.05) is 6.61 Å². The fraction of sp³-hybridized carbons (Fsp3) is 1.00. The van der Waals surface area contributed by atoms with Gasteiger partial charge in [0.05, 0.1) is 5.60 Å². The fourth-order valence-corrected chi connectivity index (χ4v) is 0.919. The molecule has 1 heterocycles. The Labute approximate surface area is 44.7 Å². The van der Waals surface area contributed by atoms with Gasteiger partial charge in [-0.3, -0.25) is 0 Å². The molecule has 0 aromatic carbocycles. The van der Waals surface area contributed by atoms with Gasteiger partial charge in [-0.15, -0.1) is 0 Å². The van der Waals surface area contributed by atoms with Crippen LogP contribution in [0.4, 0.5) is 0 Å². The van der Waals surface area contributed by atoms with E-state index in [4.69, 9.17) is 4.74 Å². The minimum Gasteiger partial charge on any atom is -0.376 e. The van der Waals surface area contributed by atoms with Gasteiger partial charge in [-0.05, 0) is 26.7 Å². The first-order valence-corrected chi connectivity index (χ1v) is 2.85. The summed E-state index contributed by atoms with van der Waals surface area (Å²) in [6, 6.07) is 0. The monoisotopic (exact) mass is 100 g/mol. The van der Waals surface area contributed by atoms with Crippen LogP contribution in [-0.2, 0) is 4.74 Å². The first-order chi connectivity index (χ1) is 3.21. The summed E-state index contributed by atoms with van der Waals surface area (Å²) in [5, 5.41) is 0. The average Bonchev–Trinajstić information content (AvgIpc) is 1.84.